The first kappa shape index (κ1) is 28.4. The van der Waals surface area contributed by atoms with Crippen LogP contribution in [0.2, 0.25) is 15.1 Å². The first-order chi connectivity index (χ1) is 18.5. The van der Waals surface area contributed by atoms with Gasteiger partial charge >= 0.3 is 6.03 Å². The van der Waals surface area contributed by atoms with E-state index in [4.69, 9.17) is 39.5 Å². The number of benzene rings is 4. The Bertz CT molecular complexity index is 1630. The highest BCUT2D eigenvalue weighted by molar-refractivity contribution is 7.91. The largest absolute Gasteiger partial charge is 0.457 e. The van der Waals surface area contributed by atoms with Crippen LogP contribution in [0, 0.1) is 13.8 Å². The highest BCUT2D eigenvalue weighted by Crippen LogP contribution is 2.33. The van der Waals surface area contributed by atoms with Crippen molar-refractivity contribution in [1.29, 1.82) is 0 Å². The lowest BCUT2D eigenvalue weighted by atomic mass is 10.1. The third kappa shape index (κ3) is 6.54. The number of rotatable bonds is 6. The van der Waals surface area contributed by atoms with Crippen LogP contribution in [0.5, 0.6) is 11.5 Å². The molecule has 3 amide bonds. The number of ether oxygens (including phenoxy) is 1. The van der Waals surface area contributed by atoms with Gasteiger partial charge in [-0.2, -0.15) is 0 Å². The standard InChI is InChI=1S/C28H21Cl3N2O5S/c1-16-14-19(32-28(35)33-27(34)25-23(30)4-3-5-24(25)31)15-17(2)26(16)38-20-8-12-22(13-9-20)39(36,37)21-10-6-18(29)7-11-21/h3-15H,1-2H3,(H2,32,33,34,35). The smallest absolute Gasteiger partial charge is 0.326 e. The number of imide groups is 1. The van der Waals surface area contributed by atoms with Gasteiger partial charge in [0.15, 0.2) is 0 Å². The fraction of sp³-hybridized carbons (Fsp3) is 0.0714. The second-order valence-electron chi connectivity index (χ2n) is 8.47. The molecular weight excluding hydrogens is 583 g/mol. The van der Waals surface area contributed by atoms with Crippen molar-refractivity contribution in [1.82, 2.24) is 5.32 Å². The molecule has 0 aliphatic rings. The summed E-state index contributed by atoms with van der Waals surface area (Å²) < 4.78 is 31.8. The molecule has 0 bridgehead atoms. The van der Waals surface area contributed by atoms with Crippen molar-refractivity contribution in [3.8, 4) is 11.5 Å². The third-order valence-electron chi connectivity index (χ3n) is 5.61. The maximum Gasteiger partial charge on any atom is 0.326 e. The van der Waals surface area contributed by atoms with Crippen molar-refractivity contribution in [3.05, 3.63) is 111 Å². The molecule has 0 fully saturated rings. The number of sulfone groups is 1. The van der Waals surface area contributed by atoms with Crippen molar-refractivity contribution in [2.75, 3.05) is 5.32 Å². The SMILES string of the molecule is Cc1cc(NC(=O)NC(=O)c2c(Cl)cccc2Cl)cc(C)c1Oc1ccc(S(=O)(=O)c2ccc(Cl)cc2)cc1. The Balaban J connectivity index is 1.45. The Morgan fingerprint density at radius 3 is 1.82 bits per heavy atom. The first-order valence-corrected chi connectivity index (χ1v) is 14.0. The highest BCUT2D eigenvalue weighted by atomic mass is 35.5. The number of carbonyl (C=O) groups is 2. The Kier molecular flexibility index (Phi) is 8.51. The molecule has 0 atom stereocenters. The Morgan fingerprint density at radius 2 is 1.28 bits per heavy atom. The van der Waals surface area contributed by atoms with Crippen LogP contribution in [0.25, 0.3) is 0 Å². The minimum absolute atomic E-state index is 0.000855. The normalized spacial score (nSPS) is 11.1. The van der Waals surface area contributed by atoms with Gasteiger partial charge in [-0.3, -0.25) is 10.1 Å². The maximum absolute atomic E-state index is 12.9. The number of halogens is 3. The number of hydrogen-bond donors (Lipinski definition) is 2. The molecule has 0 heterocycles. The Morgan fingerprint density at radius 1 is 0.769 bits per heavy atom. The molecule has 0 aliphatic carbocycles. The minimum Gasteiger partial charge on any atom is -0.457 e. The van der Waals surface area contributed by atoms with Gasteiger partial charge in [0, 0.05) is 10.7 Å². The first-order valence-electron chi connectivity index (χ1n) is 11.4. The number of anilines is 1. The number of aryl methyl sites for hydroxylation is 2. The van der Waals surface area contributed by atoms with Gasteiger partial charge in [-0.15, -0.1) is 0 Å². The molecule has 0 saturated carbocycles. The van der Waals surface area contributed by atoms with E-state index < -0.39 is 21.8 Å². The van der Waals surface area contributed by atoms with Crippen LogP contribution >= 0.6 is 34.8 Å². The van der Waals surface area contributed by atoms with E-state index in [9.17, 15) is 18.0 Å². The summed E-state index contributed by atoms with van der Waals surface area (Å²) in [7, 11) is -3.71. The van der Waals surface area contributed by atoms with Crippen molar-refractivity contribution in [2.45, 2.75) is 23.6 Å². The predicted octanol–water partition coefficient (Wildman–Crippen LogP) is 7.85. The quantitative estimate of drug-likeness (QED) is 0.234. The molecule has 4 aromatic carbocycles. The molecule has 0 spiro atoms. The summed E-state index contributed by atoms with van der Waals surface area (Å²) in [6.45, 7) is 3.58. The summed E-state index contributed by atoms with van der Waals surface area (Å²) in [5.74, 6) is 0.225. The van der Waals surface area contributed by atoms with Gasteiger partial charge in [0.1, 0.15) is 11.5 Å². The van der Waals surface area contributed by atoms with Gasteiger partial charge in [0.05, 0.1) is 25.4 Å². The van der Waals surface area contributed by atoms with Crippen molar-refractivity contribution < 1.29 is 22.7 Å². The van der Waals surface area contributed by atoms with E-state index in [-0.39, 0.29) is 25.4 Å². The van der Waals surface area contributed by atoms with Crippen LogP contribution in [-0.2, 0) is 9.84 Å². The fourth-order valence-electron chi connectivity index (χ4n) is 3.78. The lowest BCUT2D eigenvalue weighted by Crippen LogP contribution is -2.34. The maximum atomic E-state index is 12.9. The molecule has 7 nitrogen and oxygen atoms in total. The molecule has 4 rings (SSSR count). The fourth-order valence-corrected chi connectivity index (χ4v) is 5.74. The molecule has 0 unspecified atom stereocenters. The molecule has 11 heteroatoms. The average molecular weight is 604 g/mol. The zero-order valence-electron chi connectivity index (χ0n) is 20.6. The Labute approximate surface area is 240 Å². The molecular formula is C28H21Cl3N2O5S. The zero-order valence-corrected chi connectivity index (χ0v) is 23.7. The lowest BCUT2D eigenvalue weighted by molar-refractivity contribution is 0.0967. The number of urea groups is 1. The minimum atomic E-state index is -3.71. The summed E-state index contributed by atoms with van der Waals surface area (Å²) >= 11 is 17.9. The van der Waals surface area contributed by atoms with E-state index in [0.29, 0.717) is 33.3 Å². The number of nitrogens with one attached hydrogen (secondary N) is 2. The third-order valence-corrected chi connectivity index (χ3v) is 8.28. The van der Waals surface area contributed by atoms with E-state index in [0.717, 1.165) is 0 Å². The predicted molar refractivity (Wildman–Crippen MR) is 152 cm³/mol. The van der Waals surface area contributed by atoms with Crippen molar-refractivity contribution in [3.63, 3.8) is 0 Å². The molecule has 0 aliphatic heterocycles. The molecule has 2 N–H and O–H groups in total. The zero-order chi connectivity index (χ0) is 28.3. The summed E-state index contributed by atoms with van der Waals surface area (Å²) in [5, 5.41) is 5.51. The molecule has 200 valence electrons. The lowest BCUT2D eigenvalue weighted by Gasteiger charge is -2.15. The van der Waals surface area contributed by atoms with Crippen LogP contribution in [0.15, 0.2) is 88.7 Å². The number of hydrogen-bond acceptors (Lipinski definition) is 5. The van der Waals surface area contributed by atoms with Gasteiger partial charge in [0.2, 0.25) is 9.84 Å². The van der Waals surface area contributed by atoms with Crippen molar-refractivity contribution in [2.24, 2.45) is 0 Å². The Hall–Kier alpha value is -3.56. The highest BCUT2D eigenvalue weighted by Gasteiger charge is 2.19. The van der Waals surface area contributed by atoms with Crippen molar-refractivity contribution >= 4 is 62.3 Å². The molecule has 0 saturated heterocycles. The van der Waals surface area contributed by atoms with Crippen LogP contribution in [0.1, 0.15) is 21.5 Å². The van der Waals surface area contributed by atoms with Gasteiger partial charge in [-0.25, -0.2) is 13.2 Å². The molecule has 4 aromatic rings. The monoisotopic (exact) mass is 602 g/mol. The summed E-state index contributed by atoms with van der Waals surface area (Å²) in [4.78, 5) is 25.1. The summed E-state index contributed by atoms with van der Waals surface area (Å²) in [5.41, 5.74) is 1.82. The van der Waals surface area contributed by atoms with Gasteiger partial charge in [0.25, 0.3) is 5.91 Å². The number of amides is 3. The van der Waals surface area contributed by atoms with Crippen LogP contribution < -0.4 is 15.4 Å². The van der Waals surface area contributed by atoms with E-state index >= 15 is 0 Å². The molecule has 39 heavy (non-hydrogen) atoms. The van der Waals surface area contributed by atoms with E-state index in [1.54, 1.807) is 44.2 Å². The van der Waals surface area contributed by atoms with Crippen LogP contribution in [0.3, 0.4) is 0 Å². The van der Waals surface area contributed by atoms with Crippen LogP contribution in [-0.4, -0.2) is 20.4 Å². The summed E-state index contributed by atoms with van der Waals surface area (Å²) in [6.07, 6.45) is 0. The average Bonchev–Trinajstić information content (AvgIpc) is 2.86. The van der Waals surface area contributed by atoms with Gasteiger partial charge in [-0.05, 0) is 97.8 Å². The molecule has 0 radical (unpaired) electrons. The van der Waals surface area contributed by atoms with E-state index in [2.05, 4.69) is 10.6 Å². The second kappa shape index (κ2) is 11.7. The van der Waals surface area contributed by atoms with Gasteiger partial charge in [-0.1, -0.05) is 40.9 Å². The van der Waals surface area contributed by atoms with E-state index in [1.807, 2.05) is 0 Å². The summed E-state index contributed by atoms with van der Waals surface area (Å²) in [6, 6.07) is 19.2. The van der Waals surface area contributed by atoms with Crippen LogP contribution in [0.4, 0.5) is 10.5 Å². The second-order valence-corrected chi connectivity index (χ2v) is 11.7. The molecule has 0 aromatic heterocycles. The van der Waals surface area contributed by atoms with E-state index in [1.165, 1.54) is 48.5 Å². The topological polar surface area (TPSA) is 102 Å². The number of carbonyl (C=O) groups excluding carboxylic acids is 2. The van der Waals surface area contributed by atoms with Gasteiger partial charge < -0.3 is 10.1 Å².